The fourth-order valence-electron chi connectivity index (χ4n) is 1.59. The Hall–Kier alpha value is -0.250. The molecular formula is C12H23F3O. The normalized spacial score (nSPS) is 16.3. The van der Waals surface area contributed by atoms with Crippen molar-refractivity contribution in [2.24, 2.45) is 10.8 Å². The minimum absolute atomic E-state index is 0.0905. The molecule has 0 amide bonds. The monoisotopic (exact) mass is 240 g/mol. The predicted octanol–water partition coefficient (Wildman–Crippen LogP) is 4.42. The quantitative estimate of drug-likeness (QED) is 0.668. The molecule has 1 atom stereocenters. The largest absolute Gasteiger partial charge is 0.348 e. The first-order chi connectivity index (χ1) is 7.04. The van der Waals surface area contributed by atoms with Crippen LogP contribution in [0.5, 0.6) is 0 Å². The van der Waals surface area contributed by atoms with Gasteiger partial charge in [-0.1, -0.05) is 20.8 Å². The first kappa shape index (κ1) is 15.8. The molecule has 0 heterocycles. The molecule has 1 unspecified atom stereocenters. The molecule has 0 radical (unpaired) electrons. The standard InChI is InChI=1S/C12H23F3O/c1-7-10(3,4)12(14,15)11(5,6)9(13)16-8-2/h9H,7-8H2,1-6H3. The topological polar surface area (TPSA) is 9.23 Å². The summed E-state index contributed by atoms with van der Waals surface area (Å²) in [6.45, 7) is 8.69. The van der Waals surface area contributed by atoms with E-state index in [4.69, 9.17) is 0 Å². The lowest BCUT2D eigenvalue weighted by atomic mass is 9.69. The molecule has 0 fully saturated rings. The van der Waals surface area contributed by atoms with E-state index in [9.17, 15) is 13.2 Å². The van der Waals surface area contributed by atoms with Crippen molar-refractivity contribution >= 4 is 0 Å². The second kappa shape index (κ2) is 4.94. The van der Waals surface area contributed by atoms with Gasteiger partial charge in [0, 0.05) is 12.0 Å². The van der Waals surface area contributed by atoms with Gasteiger partial charge in [-0.05, 0) is 27.2 Å². The Morgan fingerprint density at radius 3 is 1.81 bits per heavy atom. The van der Waals surface area contributed by atoms with E-state index in [0.717, 1.165) is 0 Å². The Labute approximate surface area is 96.4 Å². The lowest BCUT2D eigenvalue weighted by Crippen LogP contribution is -2.53. The van der Waals surface area contributed by atoms with Gasteiger partial charge in [0.05, 0.1) is 5.41 Å². The third-order valence-corrected chi connectivity index (χ3v) is 3.42. The summed E-state index contributed by atoms with van der Waals surface area (Å²) in [6.07, 6.45) is -1.68. The maximum Gasteiger partial charge on any atom is 0.263 e. The summed E-state index contributed by atoms with van der Waals surface area (Å²) in [7, 11) is 0. The molecule has 16 heavy (non-hydrogen) atoms. The van der Waals surface area contributed by atoms with Gasteiger partial charge in [0.1, 0.15) is 0 Å². The average Bonchev–Trinajstić information content (AvgIpc) is 2.17. The van der Waals surface area contributed by atoms with Crippen LogP contribution in [0.1, 0.15) is 48.0 Å². The number of alkyl halides is 3. The highest BCUT2D eigenvalue weighted by molar-refractivity contribution is 4.97. The van der Waals surface area contributed by atoms with Crippen LogP contribution in [0.4, 0.5) is 13.2 Å². The van der Waals surface area contributed by atoms with Crippen molar-refractivity contribution in [3.8, 4) is 0 Å². The van der Waals surface area contributed by atoms with Gasteiger partial charge in [-0.25, -0.2) is 13.2 Å². The SMILES string of the molecule is CCOC(F)C(C)(C)C(F)(F)C(C)(C)CC. The van der Waals surface area contributed by atoms with E-state index in [1.54, 1.807) is 13.8 Å². The Balaban J connectivity index is 5.12. The summed E-state index contributed by atoms with van der Waals surface area (Å²) >= 11 is 0. The third kappa shape index (κ3) is 2.53. The molecule has 0 aliphatic carbocycles. The van der Waals surface area contributed by atoms with Crippen LogP contribution >= 0.6 is 0 Å². The van der Waals surface area contributed by atoms with E-state index in [1.165, 1.54) is 27.7 Å². The zero-order valence-electron chi connectivity index (χ0n) is 11.0. The van der Waals surface area contributed by atoms with Gasteiger partial charge in [-0.3, -0.25) is 0 Å². The first-order valence-electron chi connectivity index (χ1n) is 5.68. The van der Waals surface area contributed by atoms with Gasteiger partial charge < -0.3 is 4.74 Å². The molecule has 0 bridgehead atoms. The van der Waals surface area contributed by atoms with E-state index in [1.807, 2.05) is 0 Å². The minimum atomic E-state index is -3.14. The fourth-order valence-corrected chi connectivity index (χ4v) is 1.59. The number of ether oxygens (including phenoxy) is 1. The molecule has 0 saturated carbocycles. The van der Waals surface area contributed by atoms with Crippen LogP contribution in [-0.2, 0) is 4.74 Å². The van der Waals surface area contributed by atoms with Crippen LogP contribution in [0.25, 0.3) is 0 Å². The molecular weight excluding hydrogens is 217 g/mol. The highest BCUT2D eigenvalue weighted by Crippen LogP contribution is 2.52. The van der Waals surface area contributed by atoms with Crippen molar-refractivity contribution in [1.82, 2.24) is 0 Å². The number of halogens is 3. The molecule has 0 aromatic rings. The van der Waals surface area contributed by atoms with Crippen molar-refractivity contribution in [3.63, 3.8) is 0 Å². The smallest absolute Gasteiger partial charge is 0.263 e. The van der Waals surface area contributed by atoms with Gasteiger partial charge in [-0.15, -0.1) is 0 Å². The Bertz CT molecular complexity index is 224. The maximum atomic E-state index is 14.2. The van der Waals surface area contributed by atoms with E-state index >= 15 is 0 Å². The van der Waals surface area contributed by atoms with Crippen molar-refractivity contribution in [3.05, 3.63) is 0 Å². The van der Waals surface area contributed by atoms with Crippen LogP contribution in [0.2, 0.25) is 0 Å². The summed E-state index contributed by atoms with van der Waals surface area (Å²) < 4.78 is 46.8. The highest BCUT2D eigenvalue weighted by Gasteiger charge is 2.60. The number of hydrogen-bond acceptors (Lipinski definition) is 1. The summed E-state index contributed by atoms with van der Waals surface area (Å²) in [6, 6.07) is 0. The molecule has 0 saturated heterocycles. The minimum Gasteiger partial charge on any atom is -0.348 e. The molecule has 0 spiro atoms. The fraction of sp³-hybridized carbons (Fsp3) is 1.00. The van der Waals surface area contributed by atoms with Crippen LogP contribution in [0.3, 0.4) is 0 Å². The second-order valence-corrected chi connectivity index (χ2v) is 5.30. The Morgan fingerprint density at radius 2 is 1.50 bits per heavy atom. The van der Waals surface area contributed by atoms with Gasteiger partial charge in [0.2, 0.25) is 6.36 Å². The molecule has 1 nitrogen and oxygen atoms in total. The molecule has 0 rings (SSSR count). The summed E-state index contributed by atoms with van der Waals surface area (Å²) in [5, 5.41) is 0. The van der Waals surface area contributed by atoms with E-state index in [2.05, 4.69) is 4.74 Å². The van der Waals surface area contributed by atoms with E-state index < -0.39 is 23.1 Å². The lowest BCUT2D eigenvalue weighted by Gasteiger charge is -2.45. The number of hydrogen-bond donors (Lipinski definition) is 0. The Morgan fingerprint density at radius 1 is 1.06 bits per heavy atom. The summed E-state index contributed by atoms with van der Waals surface area (Å²) in [5.74, 6) is -3.14. The molecule has 0 aliphatic heterocycles. The van der Waals surface area contributed by atoms with Crippen LogP contribution in [-0.4, -0.2) is 18.9 Å². The molecule has 0 aliphatic rings. The average molecular weight is 240 g/mol. The third-order valence-electron chi connectivity index (χ3n) is 3.42. The van der Waals surface area contributed by atoms with Crippen LogP contribution < -0.4 is 0 Å². The van der Waals surface area contributed by atoms with E-state index in [0.29, 0.717) is 0 Å². The van der Waals surface area contributed by atoms with Crippen molar-refractivity contribution in [2.45, 2.75) is 60.2 Å². The second-order valence-electron chi connectivity index (χ2n) is 5.30. The first-order valence-corrected chi connectivity index (χ1v) is 5.68. The van der Waals surface area contributed by atoms with Crippen molar-refractivity contribution in [2.75, 3.05) is 6.61 Å². The predicted molar refractivity (Wildman–Crippen MR) is 59.3 cm³/mol. The zero-order valence-corrected chi connectivity index (χ0v) is 11.0. The van der Waals surface area contributed by atoms with E-state index in [-0.39, 0.29) is 13.0 Å². The van der Waals surface area contributed by atoms with Crippen LogP contribution in [0, 0.1) is 10.8 Å². The van der Waals surface area contributed by atoms with Crippen LogP contribution in [0.15, 0.2) is 0 Å². The van der Waals surface area contributed by atoms with Crippen molar-refractivity contribution < 1.29 is 17.9 Å². The molecule has 0 aromatic heterocycles. The van der Waals surface area contributed by atoms with Crippen molar-refractivity contribution in [1.29, 1.82) is 0 Å². The lowest BCUT2D eigenvalue weighted by molar-refractivity contribution is -0.255. The van der Waals surface area contributed by atoms with Gasteiger partial charge >= 0.3 is 0 Å². The summed E-state index contributed by atoms with van der Waals surface area (Å²) in [4.78, 5) is 0. The summed E-state index contributed by atoms with van der Waals surface area (Å²) in [5.41, 5.74) is -3.08. The van der Waals surface area contributed by atoms with Gasteiger partial charge in [0.15, 0.2) is 0 Å². The molecule has 0 aromatic carbocycles. The highest BCUT2D eigenvalue weighted by atomic mass is 19.3. The zero-order chi connectivity index (χ0) is 13.2. The van der Waals surface area contributed by atoms with Gasteiger partial charge in [-0.2, -0.15) is 0 Å². The molecule has 98 valence electrons. The Kier molecular flexibility index (Phi) is 4.87. The molecule has 4 heteroatoms. The number of rotatable bonds is 6. The molecule has 0 N–H and O–H groups in total. The maximum absolute atomic E-state index is 14.2. The van der Waals surface area contributed by atoms with Gasteiger partial charge in [0.25, 0.3) is 5.92 Å².